The number of hydrogen-bond acceptors (Lipinski definition) is 2. The van der Waals surface area contributed by atoms with Crippen molar-refractivity contribution < 1.29 is 5.11 Å². The summed E-state index contributed by atoms with van der Waals surface area (Å²) in [6, 6.07) is 10.9. The molecule has 2 nitrogen and oxygen atoms in total. The minimum Gasteiger partial charge on any atom is -0.387 e. The average Bonchev–Trinajstić information content (AvgIpc) is 2.93. The summed E-state index contributed by atoms with van der Waals surface area (Å²) in [4.78, 5) is 2.43. The van der Waals surface area contributed by atoms with Crippen molar-refractivity contribution in [3.63, 3.8) is 0 Å². The molecule has 1 fully saturated rings. The fraction of sp³-hybridized carbons (Fsp3) is 0.647. The van der Waals surface area contributed by atoms with Crippen LogP contribution in [0.4, 0.5) is 0 Å². The Hall–Kier alpha value is -0.860. The molecule has 1 N–H and O–H groups in total. The predicted molar refractivity (Wildman–Crippen MR) is 80.0 cm³/mol. The van der Waals surface area contributed by atoms with Crippen LogP contribution in [0.15, 0.2) is 30.3 Å². The van der Waals surface area contributed by atoms with Crippen molar-refractivity contribution >= 4 is 0 Å². The van der Waals surface area contributed by atoms with E-state index in [4.69, 9.17) is 0 Å². The molecule has 0 radical (unpaired) electrons. The van der Waals surface area contributed by atoms with Crippen LogP contribution in [0.3, 0.4) is 0 Å². The van der Waals surface area contributed by atoms with Crippen molar-refractivity contribution in [3.8, 4) is 0 Å². The van der Waals surface area contributed by atoms with E-state index in [1.54, 1.807) is 0 Å². The Labute approximate surface area is 117 Å². The summed E-state index contributed by atoms with van der Waals surface area (Å²) in [7, 11) is 2.19. The first-order valence-electron chi connectivity index (χ1n) is 7.56. The van der Waals surface area contributed by atoms with Crippen LogP contribution in [0.25, 0.3) is 0 Å². The molecule has 19 heavy (non-hydrogen) atoms. The van der Waals surface area contributed by atoms with Crippen LogP contribution in [0.1, 0.15) is 51.2 Å². The molecule has 1 aromatic rings. The van der Waals surface area contributed by atoms with Gasteiger partial charge >= 0.3 is 0 Å². The molecule has 0 bridgehead atoms. The van der Waals surface area contributed by atoms with Crippen LogP contribution in [-0.2, 0) is 0 Å². The van der Waals surface area contributed by atoms with E-state index in [1.165, 1.54) is 25.7 Å². The molecule has 2 heteroatoms. The molecule has 2 unspecified atom stereocenters. The molecular formula is C17H27NO. The molecule has 0 saturated heterocycles. The van der Waals surface area contributed by atoms with Crippen molar-refractivity contribution in [1.29, 1.82) is 0 Å². The Balaban J connectivity index is 2.15. The van der Waals surface area contributed by atoms with Crippen LogP contribution in [-0.4, -0.2) is 29.1 Å². The molecule has 2 rings (SSSR count). The van der Waals surface area contributed by atoms with Gasteiger partial charge in [0.25, 0.3) is 0 Å². The van der Waals surface area contributed by atoms with Crippen LogP contribution in [0, 0.1) is 5.92 Å². The summed E-state index contributed by atoms with van der Waals surface area (Å²) in [5.41, 5.74) is 1.03. The monoisotopic (exact) mass is 261 g/mol. The standard InChI is InChI=1S/C17H27NO/c1-13(2)16(18(3)15-11-7-8-12-15)17(19)14-9-5-4-6-10-14/h4-6,9-10,13,15-17,19H,7-8,11-12H2,1-3H3. The lowest BCUT2D eigenvalue weighted by molar-refractivity contribution is 0.0155. The first-order chi connectivity index (χ1) is 9.11. The Morgan fingerprint density at radius 3 is 2.21 bits per heavy atom. The summed E-state index contributed by atoms with van der Waals surface area (Å²) < 4.78 is 0. The topological polar surface area (TPSA) is 23.5 Å². The Kier molecular flexibility index (Phi) is 5.00. The Morgan fingerprint density at radius 2 is 1.68 bits per heavy atom. The third kappa shape index (κ3) is 3.37. The molecule has 2 atom stereocenters. The molecule has 1 aromatic carbocycles. The zero-order valence-corrected chi connectivity index (χ0v) is 12.4. The van der Waals surface area contributed by atoms with Gasteiger partial charge in [-0.2, -0.15) is 0 Å². The van der Waals surface area contributed by atoms with E-state index in [9.17, 15) is 5.11 Å². The van der Waals surface area contributed by atoms with Crippen molar-refractivity contribution in [2.75, 3.05) is 7.05 Å². The normalized spacial score (nSPS) is 20.1. The van der Waals surface area contributed by atoms with E-state index in [0.29, 0.717) is 12.0 Å². The number of rotatable bonds is 5. The van der Waals surface area contributed by atoms with Gasteiger partial charge in [0.2, 0.25) is 0 Å². The highest BCUT2D eigenvalue weighted by molar-refractivity contribution is 5.19. The zero-order chi connectivity index (χ0) is 13.8. The van der Waals surface area contributed by atoms with Gasteiger partial charge in [-0.15, -0.1) is 0 Å². The number of nitrogens with zero attached hydrogens (tertiary/aromatic N) is 1. The van der Waals surface area contributed by atoms with E-state index in [0.717, 1.165) is 5.56 Å². The first-order valence-corrected chi connectivity index (χ1v) is 7.56. The predicted octanol–water partition coefficient (Wildman–Crippen LogP) is 3.62. The fourth-order valence-electron chi connectivity index (χ4n) is 3.46. The Bertz CT molecular complexity index is 370. The van der Waals surface area contributed by atoms with E-state index in [2.05, 4.69) is 25.8 Å². The van der Waals surface area contributed by atoms with Gasteiger partial charge in [0.1, 0.15) is 0 Å². The number of aliphatic hydroxyl groups is 1. The number of likely N-dealkylation sites (N-methyl/N-ethyl adjacent to an activating group) is 1. The van der Waals surface area contributed by atoms with E-state index in [-0.39, 0.29) is 6.04 Å². The van der Waals surface area contributed by atoms with Gasteiger partial charge in [0.05, 0.1) is 6.10 Å². The van der Waals surface area contributed by atoms with Gasteiger partial charge in [-0.25, -0.2) is 0 Å². The molecule has 1 saturated carbocycles. The number of benzene rings is 1. The second-order valence-corrected chi connectivity index (χ2v) is 6.19. The van der Waals surface area contributed by atoms with Crippen LogP contribution in [0.2, 0.25) is 0 Å². The molecule has 1 aliphatic rings. The second kappa shape index (κ2) is 6.53. The molecule has 0 amide bonds. The third-order valence-electron chi connectivity index (χ3n) is 4.52. The van der Waals surface area contributed by atoms with Gasteiger partial charge < -0.3 is 5.11 Å². The number of aliphatic hydroxyl groups excluding tert-OH is 1. The summed E-state index contributed by atoms with van der Waals surface area (Å²) in [5, 5.41) is 10.7. The lowest BCUT2D eigenvalue weighted by Crippen LogP contribution is -2.45. The lowest BCUT2D eigenvalue weighted by atomic mass is 9.91. The van der Waals surface area contributed by atoms with E-state index < -0.39 is 6.10 Å². The summed E-state index contributed by atoms with van der Waals surface area (Å²) in [6.45, 7) is 4.42. The maximum atomic E-state index is 10.7. The maximum Gasteiger partial charge on any atom is 0.0947 e. The minimum atomic E-state index is -0.396. The fourth-order valence-corrected chi connectivity index (χ4v) is 3.46. The quantitative estimate of drug-likeness (QED) is 0.875. The molecule has 0 spiro atoms. The van der Waals surface area contributed by atoms with Crippen LogP contribution < -0.4 is 0 Å². The zero-order valence-electron chi connectivity index (χ0n) is 12.4. The second-order valence-electron chi connectivity index (χ2n) is 6.19. The highest BCUT2D eigenvalue weighted by atomic mass is 16.3. The molecule has 0 heterocycles. The van der Waals surface area contributed by atoms with Gasteiger partial charge in [0, 0.05) is 12.1 Å². The van der Waals surface area contributed by atoms with Gasteiger partial charge in [-0.1, -0.05) is 57.0 Å². The molecule has 1 aliphatic carbocycles. The van der Waals surface area contributed by atoms with Crippen molar-refractivity contribution in [2.45, 2.75) is 57.7 Å². The summed E-state index contributed by atoms with van der Waals surface area (Å²) in [6.07, 6.45) is 4.83. The van der Waals surface area contributed by atoms with Gasteiger partial charge in [-0.3, -0.25) is 4.90 Å². The lowest BCUT2D eigenvalue weighted by Gasteiger charge is -2.38. The van der Waals surface area contributed by atoms with Crippen molar-refractivity contribution in [3.05, 3.63) is 35.9 Å². The maximum absolute atomic E-state index is 10.7. The summed E-state index contributed by atoms with van der Waals surface area (Å²) in [5.74, 6) is 0.445. The summed E-state index contributed by atoms with van der Waals surface area (Å²) >= 11 is 0. The van der Waals surface area contributed by atoms with Crippen LogP contribution in [0.5, 0.6) is 0 Å². The van der Waals surface area contributed by atoms with Crippen molar-refractivity contribution in [2.24, 2.45) is 5.92 Å². The van der Waals surface area contributed by atoms with Gasteiger partial charge in [0.15, 0.2) is 0 Å². The molecular weight excluding hydrogens is 234 g/mol. The average molecular weight is 261 g/mol. The van der Waals surface area contributed by atoms with Crippen molar-refractivity contribution in [1.82, 2.24) is 4.90 Å². The van der Waals surface area contributed by atoms with Crippen LogP contribution >= 0.6 is 0 Å². The Morgan fingerprint density at radius 1 is 1.11 bits per heavy atom. The molecule has 0 aromatic heterocycles. The smallest absolute Gasteiger partial charge is 0.0947 e. The SMILES string of the molecule is CC(C)C(C(O)c1ccccc1)N(C)C1CCCC1. The highest BCUT2D eigenvalue weighted by Gasteiger charge is 2.32. The highest BCUT2D eigenvalue weighted by Crippen LogP contribution is 2.31. The number of hydrogen-bond donors (Lipinski definition) is 1. The molecule has 106 valence electrons. The molecule has 0 aliphatic heterocycles. The largest absolute Gasteiger partial charge is 0.387 e. The van der Waals surface area contributed by atoms with E-state index >= 15 is 0 Å². The van der Waals surface area contributed by atoms with E-state index in [1.807, 2.05) is 30.3 Å². The van der Waals surface area contributed by atoms with Gasteiger partial charge in [-0.05, 0) is 31.4 Å². The third-order valence-corrected chi connectivity index (χ3v) is 4.52. The minimum absolute atomic E-state index is 0.200. The first kappa shape index (κ1) is 14.5.